The minimum Gasteiger partial charge on any atom is -0.331 e. The first-order valence-electron chi connectivity index (χ1n) is 12.2. The molecule has 0 bridgehead atoms. The van der Waals surface area contributed by atoms with Crippen LogP contribution in [0.15, 0.2) is 30.3 Å². The topological polar surface area (TPSA) is 40.6 Å². The molecule has 0 saturated heterocycles. The average Bonchev–Trinajstić information content (AvgIpc) is 2.99. The van der Waals surface area contributed by atoms with E-state index in [1.54, 1.807) is 4.90 Å². The van der Waals surface area contributed by atoms with Crippen LogP contribution in [-0.4, -0.2) is 23.3 Å². The van der Waals surface area contributed by atoms with Crippen LogP contribution in [0.1, 0.15) is 79.0 Å². The zero-order valence-electron chi connectivity index (χ0n) is 20.6. The van der Waals surface area contributed by atoms with Crippen molar-refractivity contribution in [2.75, 3.05) is 11.4 Å². The summed E-state index contributed by atoms with van der Waals surface area (Å²) in [6, 6.07) is 4.74. The largest absolute Gasteiger partial charge is 0.416 e. The second-order valence-electron chi connectivity index (χ2n) is 9.78. The number of nitrogens with zero attached hydrogens (tertiary/aromatic N) is 2. The number of fused-ring (bicyclic) bond motifs is 2. The zero-order valence-corrected chi connectivity index (χ0v) is 20.6. The number of benzene rings is 2. The first kappa shape index (κ1) is 27.0. The van der Waals surface area contributed by atoms with Gasteiger partial charge >= 0.3 is 12.4 Å². The molecule has 0 radical (unpaired) electrons. The maximum absolute atomic E-state index is 13.4. The van der Waals surface area contributed by atoms with Crippen molar-refractivity contribution in [1.29, 1.82) is 0 Å². The van der Waals surface area contributed by atoms with Gasteiger partial charge < -0.3 is 9.80 Å². The summed E-state index contributed by atoms with van der Waals surface area (Å²) in [5.41, 5.74) is 0.483. The molecule has 0 saturated carbocycles. The summed E-state index contributed by atoms with van der Waals surface area (Å²) in [5.74, 6) is -0.643. The SMILES string of the molecule is CC(=O)N1CCCC(N(Cc2cc(C(F)(F)F)cc(C(F)(F)F)c2)C(C)=O)c2cc3c(cc21)CCCC3. The summed E-state index contributed by atoms with van der Waals surface area (Å²) in [7, 11) is 0. The number of aryl methyl sites for hydroxylation is 2. The molecule has 2 aromatic carbocycles. The van der Waals surface area contributed by atoms with Gasteiger partial charge in [0.15, 0.2) is 0 Å². The van der Waals surface area contributed by atoms with E-state index in [0.717, 1.165) is 36.8 Å². The molecule has 4 nitrogen and oxygen atoms in total. The molecule has 0 fully saturated rings. The van der Waals surface area contributed by atoms with E-state index in [4.69, 9.17) is 0 Å². The summed E-state index contributed by atoms with van der Waals surface area (Å²) in [4.78, 5) is 28.3. The number of carbonyl (C=O) groups is 2. The Morgan fingerprint density at radius 2 is 1.43 bits per heavy atom. The summed E-state index contributed by atoms with van der Waals surface area (Å²) in [5, 5.41) is 0. The molecule has 4 rings (SSSR count). The number of anilines is 1. The van der Waals surface area contributed by atoms with Crippen LogP contribution in [0, 0.1) is 0 Å². The summed E-state index contributed by atoms with van der Waals surface area (Å²) in [6.07, 6.45) is -5.32. The standard InChI is InChI=1S/C27H28F6N2O2/c1-16(36)34-9-5-8-24(23-12-19-6-3-4-7-20(19)13-25(23)34)35(17(2)37)15-18-10-21(26(28,29)30)14-22(11-18)27(31,32)33/h10-14,24H,3-9,15H2,1-2H3. The average molecular weight is 527 g/mol. The lowest BCUT2D eigenvalue weighted by atomic mass is 9.87. The molecule has 1 heterocycles. The quantitative estimate of drug-likeness (QED) is 0.411. The van der Waals surface area contributed by atoms with Gasteiger partial charge in [0.2, 0.25) is 11.8 Å². The summed E-state index contributed by atoms with van der Waals surface area (Å²) < 4.78 is 80.6. The Balaban J connectivity index is 1.81. The van der Waals surface area contributed by atoms with E-state index in [1.807, 2.05) is 12.1 Å². The summed E-state index contributed by atoms with van der Waals surface area (Å²) in [6.45, 7) is 2.69. The number of hydrogen-bond acceptors (Lipinski definition) is 2. The van der Waals surface area contributed by atoms with Crippen LogP contribution in [0.4, 0.5) is 32.0 Å². The van der Waals surface area contributed by atoms with E-state index in [1.165, 1.54) is 18.7 Å². The third kappa shape index (κ3) is 5.78. The maximum atomic E-state index is 13.4. The van der Waals surface area contributed by atoms with Crippen LogP contribution in [0.2, 0.25) is 0 Å². The minimum absolute atomic E-state index is 0.0829. The number of alkyl halides is 6. The zero-order chi connectivity index (χ0) is 27.1. The van der Waals surface area contributed by atoms with E-state index in [9.17, 15) is 35.9 Å². The molecule has 10 heteroatoms. The molecular weight excluding hydrogens is 498 g/mol. The van der Waals surface area contributed by atoms with Gasteiger partial charge in [-0.3, -0.25) is 9.59 Å². The molecule has 0 aromatic heterocycles. The van der Waals surface area contributed by atoms with Crippen molar-refractivity contribution < 1.29 is 35.9 Å². The highest BCUT2D eigenvalue weighted by Gasteiger charge is 2.38. The van der Waals surface area contributed by atoms with Gasteiger partial charge in [0.25, 0.3) is 0 Å². The second kappa shape index (κ2) is 10.0. The fourth-order valence-electron chi connectivity index (χ4n) is 5.41. The first-order chi connectivity index (χ1) is 17.3. The molecule has 1 atom stereocenters. The highest BCUT2D eigenvalue weighted by molar-refractivity contribution is 5.93. The van der Waals surface area contributed by atoms with Gasteiger partial charge in [-0.15, -0.1) is 0 Å². The Bertz CT molecular complexity index is 1170. The van der Waals surface area contributed by atoms with Crippen molar-refractivity contribution in [3.63, 3.8) is 0 Å². The van der Waals surface area contributed by atoms with Crippen LogP contribution in [0.3, 0.4) is 0 Å². The molecular formula is C27H28F6N2O2. The third-order valence-electron chi connectivity index (χ3n) is 7.16. The van der Waals surface area contributed by atoms with Crippen molar-refractivity contribution in [2.24, 2.45) is 0 Å². The lowest BCUT2D eigenvalue weighted by Crippen LogP contribution is -2.33. The lowest BCUT2D eigenvalue weighted by molar-refractivity contribution is -0.143. The minimum atomic E-state index is -4.98. The third-order valence-corrected chi connectivity index (χ3v) is 7.16. The monoisotopic (exact) mass is 526 g/mol. The molecule has 1 unspecified atom stereocenters. The highest BCUT2D eigenvalue weighted by atomic mass is 19.4. The van der Waals surface area contributed by atoms with Crippen molar-refractivity contribution in [3.8, 4) is 0 Å². The predicted octanol–water partition coefficient (Wildman–Crippen LogP) is 6.84. The smallest absolute Gasteiger partial charge is 0.331 e. The van der Waals surface area contributed by atoms with Crippen molar-refractivity contribution in [3.05, 3.63) is 63.7 Å². The van der Waals surface area contributed by atoms with Gasteiger partial charge in [0, 0.05) is 32.6 Å². The van der Waals surface area contributed by atoms with Gasteiger partial charge in [-0.1, -0.05) is 6.07 Å². The van der Waals surface area contributed by atoms with E-state index in [0.29, 0.717) is 42.8 Å². The Morgan fingerprint density at radius 1 is 0.865 bits per heavy atom. The van der Waals surface area contributed by atoms with Gasteiger partial charge in [-0.05, 0) is 85.0 Å². The van der Waals surface area contributed by atoms with Crippen LogP contribution in [0.5, 0.6) is 0 Å². The van der Waals surface area contributed by atoms with Gasteiger partial charge in [0.1, 0.15) is 0 Å². The number of rotatable bonds is 3. The lowest BCUT2D eigenvalue weighted by Gasteiger charge is -2.33. The Labute approximate surface area is 211 Å². The maximum Gasteiger partial charge on any atom is 0.416 e. The predicted molar refractivity (Wildman–Crippen MR) is 126 cm³/mol. The van der Waals surface area contributed by atoms with Crippen LogP contribution in [0.25, 0.3) is 0 Å². The van der Waals surface area contributed by atoms with Crippen LogP contribution < -0.4 is 4.90 Å². The van der Waals surface area contributed by atoms with E-state index in [2.05, 4.69) is 0 Å². The van der Waals surface area contributed by atoms with E-state index >= 15 is 0 Å². The summed E-state index contributed by atoms with van der Waals surface area (Å²) >= 11 is 0. The van der Waals surface area contributed by atoms with Crippen molar-refractivity contribution in [2.45, 2.75) is 77.3 Å². The van der Waals surface area contributed by atoms with E-state index < -0.39 is 42.0 Å². The fraction of sp³-hybridized carbons (Fsp3) is 0.481. The molecule has 2 aliphatic rings. The number of amides is 2. The van der Waals surface area contributed by atoms with Crippen LogP contribution >= 0.6 is 0 Å². The van der Waals surface area contributed by atoms with Crippen molar-refractivity contribution >= 4 is 17.5 Å². The Kier molecular flexibility index (Phi) is 7.32. The first-order valence-corrected chi connectivity index (χ1v) is 12.2. The molecule has 2 amide bonds. The molecule has 0 spiro atoms. The molecule has 2 aromatic rings. The highest BCUT2D eigenvalue weighted by Crippen LogP contribution is 2.42. The second-order valence-corrected chi connectivity index (χ2v) is 9.78. The Morgan fingerprint density at radius 3 is 1.95 bits per heavy atom. The molecule has 1 aliphatic carbocycles. The molecule has 0 N–H and O–H groups in total. The number of halogens is 6. The number of hydrogen-bond donors (Lipinski definition) is 0. The van der Waals surface area contributed by atoms with Gasteiger partial charge in [0.05, 0.1) is 17.2 Å². The van der Waals surface area contributed by atoms with E-state index in [-0.39, 0.29) is 17.5 Å². The normalized spacial score (nSPS) is 18.1. The Hall–Kier alpha value is -3.04. The fourth-order valence-corrected chi connectivity index (χ4v) is 5.41. The molecule has 1 aliphatic heterocycles. The number of carbonyl (C=O) groups excluding carboxylic acids is 2. The molecule has 200 valence electrons. The molecule has 37 heavy (non-hydrogen) atoms. The van der Waals surface area contributed by atoms with Crippen LogP contribution in [-0.2, 0) is 41.3 Å². The van der Waals surface area contributed by atoms with Crippen molar-refractivity contribution in [1.82, 2.24) is 4.90 Å². The van der Waals surface area contributed by atoms with Gasteiger partial charge in [-0.25, -0.2) is 0 Å². The van der Waals surface area contributed by atoms with Gasteiger partial charge in [-0.2, -0.15) is 26.3 Å².